The first-order valence-electron chi connectivity index (χ1n) is 6.19. The fourth-order valence-corrected chi connectivity index (χ4v) is 2.92. The zero-order valence-electron chi connectivity index (χ0n) is 11.5. The van der Waals surface area contributed by atoms with Gasteiger partial charge in [0.1, 0.15) is 17.2 Å². The molecule has 0 spiro atoms. The lowest BCUT2D eigenvalue weighted by Crippen LogP contribution is -2.05. The van der Waals surface area contributed by atoms with Crippen molar-refractivity contribution in [3.8, 4) is 17.2 Å². The van der Waals surface area contributed by atoms with Crippen LogP contribution in [-0.4, -0.2) is 14.2 Å². The van der Waals surface area contributed by atoms with E-state index in [9.17, 15) is 0 Å². The summed E-state index contributed by atoms with van der Waals surface area (Å²) in [6.45, 7) is 0.719. The molecule has 0 aliphatic heterocycles. The molecule has 0 saturated heterocycles. The lowest BCUT2D eigenvalue weighted by atomic mass is 10.2. The van der Waals surface area contributed by atoms with Gasteiger partial charge in [0.25, 0.3) is 0 Å². The lowest BCUT2D eigenvalue weighted by molar-refractivity contribution is 0.409. The van der Waals surface area contributed by atoms with Crippen LogP contribution in [0.4, 0.5) is 0 Å². The molecule has 0 heterocycles. The van der Waals surface area contributed by atoms with Crippen LogP contribution in [0.25, 0.3) is 0 Å². The summed E-state index contributed by atoms with van der Waals surface area (Å²) < 4.78 is 12.7. The van der Waals surface area contributed by atoms with Gasteiger partial charge in [-0.15, -0.1) is 0 Å². The van der Waals surface area contributed by atoms with Crippen LogP contribution in [0.15, 0.2) is 39.3 Å². The van der Waals surface area contributed by atoms with Crippen molar-refractivity contribution in [2.75, 3.05) is 14.2 Å². The van der Waals surface area contributed by atoms with Crippen molar-refractivity contribution in [1.82, 2.24) is 5.32 Å². The average molecular weight is 436 g/mol. The van der Waals surface area contributed by atoms with Gasteiger partial charge < -0.3 is 14.8 Å². The van der Waals surface area contributed by atoms with Crippen LogP contribution in [0.2, 0.25) is 5.02 Å². The zero-order valence-corrected chi connectivity index (χ0v) is 15.5. The van der Waals surface area contributed by atoms with Crippen LogP contribution < -0.4 is 14.8 Å². The molecule has 0 aliphatic rings. The minimum absolute atomic E-state index is 0.672. The number of nitrogens with one attached hydrogen (secondary N) is 1. The summed E-state index contributed by atoms with van der Waals surface area (Å²) in [7, 11) is 3.50. The van der Waals surface area contributed by atoms with Crippen molar-refractivity contribution >= 4 is 43.5 Å². The van der Waals surface area contributed by atoms with Crippen molar-refractivity contribution in [3.05, 3.63) is 49.9 Å². The monoisotopic (exact) mass is 433 g/mol. The fourth-order valence-electron chi connectivity index (χ4n) is 1.80. The molecule has 0 unspecified atom stereocenters. The zero-order chi connectivity index (χ0) is 15.4. The van der Waals surface area contributed by atoms with E-state index in [1.165, 1.54) is 0 Å². The normalized spacial score (nSPS) is 10.5. The summed E-state index contributed by atoms with van der Waals surface area (Å²) >= 11 is 13.1. The number of benzene rings is 2. The number of hydrogen-bond acceptors (Lipinski definition) is 3. The van der Waals surface area contributed by atoms with E-state index in [-0.39, 0.29) is 0 Å². The Bertz CT molecular complexity index is 650. The van der Waals surface area contributed by atoms with Gasteiger partial charge in [-0.3, -0.25) is 0 Å². The van der Waals surface area contributed by atoms with Crippen molar-refractivity contribution in [2.24, 2.45) is 0 Å². The van der Waals surface area contributed by atoms with Gasteiger partial charge in [-0.05, 0) is 68.7 Å². The van der Waals surface area contributed by atoms with Crippen molar-refractivity contribution in [1.29, 1.82) is 0 Å². The van der Waals surface area contributed by atoms with Crippen LogP contribution in [0.5, 0.6) is 17.2 Å². The predicted octanol–water partition coefficient (Wildman–Crippen LogP) is 5.39. The molecule has 2 aromatic carbocycles. The third-order valence-corrected chi connectivity index (χ3v) is 4.42. The van der Waals surface area contributed by atoms with Crippen molar-refractivity contribution < 1.29 is 9.47 Å². The highest BCUT2D eigenvalue weighted by atomic mass is 79.9. The van der Waals surface area contributed by atoms with E-state index in [4.69, 9.17) is 21.1 Å². The summed E-state index contributed by atoms with van der Waals surface area (Å²) in [5, 5.41) is 3.74. The van der Waals surface area contributed by atoms with Crippen LogP contribution >= 0.6 is 43.5 Å². The third-order valence-electron chi connectivity index (χ3n) is 2.83. The highest BCUT2D eigenvalue weighted by Crippen LogP contribution is 2.38. The highest BCUT2D eigenvalue weighted by molar-refractivity contribution is 9.11. The maximum atomic E-state index is 6.23. The Labute approximate surface area is 145 Å². The largest absolute Gasteiger partial charge is 0.496 e. The number of ether oxygens (including phenoxy) is 2. The SMILES string of the molecule is CNCc1ccc(Oc2cc(Br)c(OC)cc2Br)cc1Cl. The Morgan fingerprint density at radius 3 is 2.38 bits per heavy atom. The van der Waals surface area contributed by atoms with Crippen molar-refractivity contribution in [2.45, 2.75) is 6.54 Å². The number of hydrogen-bond donors (Lipinski definition) is 1. The first-order valence-corrected chi connectivity index (χ1v) is 8.15. The Hall–Kier alpha value is -0.750. The van der Waals surface area contributed by atoms with Gasteiger partial charge in [0.15, 0.2) is 0 Å². The van der Waals surface area contributed by atoms with E-state index in [0.29, 0.717) is 16.5 Å². The van der Waals surface area contributed by atoms with E-state index in [0.717, 1.165) is 26.8 Å². The summed E-state index contributed by atoms with van der Waals surface area (Å²) in [5.74, 6) is 2.09. The second-order valence-corrected chi connectivity index (χ2v) is 6.42. The van der Waals surface area contributed by atoms with Gasteiger partial charge in [0, 0.05) is 11.6 Å². The molecular formula is C15H14Br2ClNO2. The molecule has 0 amide bonds. The Morgan fingerprint density at radius 1 is 1.10 bits per heavy atom. The van der Waals surface area contributed by atoms with Gasteiger partial charge in [-0.1, -0.05) is 17.7 Å². The minimum Gasteiger partial charge on any atom is -0.496 e. The fraction of sp³-hybridized carbons (Fsp3) is 0.200. The second-order valence-electron chi connectivity index (χ2n) is 4.30. The average Bonchev–Trinajstić information content (AvgIpc) is 2.45. The van der Waals surface area contributed by atoms with Gasteiger partial charge in [0.2, 0.25) is 0 Å². The number of methoxy groups -OCH3 is 1. The van der Waals surface area contributed by atoms with E-state index in [1.807, 2.05) is 31.3 Å². The number of halogens is 3. The molecule has 0 bridgehead atoms. The standard InChI is InChI=1S/C15H14Br2ClNO2/c1-19-8-9-3-4-10(5-13(9)18)21-15-7-11(16)14(20-2)6-12(15)17/h3-7,19H,8H2,1-2H3. The molecule has 21 heavy (non-hydrogen) atoms. The van der Waals surface area contributed by atoms with Crippen LogP contribution in [0.1, 0.15) is 5.56 Å². The minimum atomic E-state index is 0.672. The molecular weight excluding hydrogens is 421 g/mol. The topological polar surface area (TPSA) is 30.5 Å². The van der Waals surface area contributed by atoms with Gasteiger partial charge in [-0.25, -0.2) is 0 Å². The van der Waals surface area contributed by atoms with Gasteiger partial charge in [0.05, 0.1) is 16.1 Å². The molecule has 112 valence electrons. The summed E-state index contributed by atoms with van der Waals surface area (Å²) in [6.07, 6.45) is 0. The summed E-state index contributed by atoms with van der Waals surface area (Å²) in [6, 6.07) is 9.33. The quantitative estimate of drug-likeness (QED) is 0.684. The molecule has 1 N–H and O–H groups in total. The smallest absolute Gasteiger partial charge is 0.143 e. The van der Waals surface area contributed by atoms with E-state index >= 15 is 0 Å². The summed E-state index contributed by atoms with van der Waals surface area (Å²) in [5.41, 5.74) is 1.03. The second kappa shape index (κ2) is 7.49. The van der Waals surface area contributed by atoms with Crippen molar-refractivity contribution in [3.63, 3.8) is 0 Å². The van der Waals surface area contributed by atoms with E-state index < -0.39 is 0 Å². The molecule has 0 atom stereocenters. The predicted molar refractivity (Wildman–Crippen MR) is 92.7 cm³/mol. The Kier molecular flexibility index (Phi) is 5.93. The molecule has 3 nitrogen and oxygen atoms in total. The van der Waals surface area contributed by atoms with Crippen LogP contribution in [0.3, 0.4) is 0 Å². The van der Waals surface area contributed by atoms with E-state index in [1.54, 1.807) is 13.2 Å². The third kappa shape index (κ3) is 4.13. The molecule has 0 fully saturated rings. The molecule has 2 aromatic rings. The Morgan fingerprint density at radius 2 is 1.76 bits per heavy atom. The first-order chi connectivity index (χ1) is 10.0. The maximum absolute atomic E-state index is 6.23. The molecule has 6 heteroatoms. The maximum Gasteiger partial charge on any atom is 0.143 e. The molecule has 2 rings (SSSR count). The first kappa shape index (κ1) is 16.6. The van der Waals surface area contributed by atoms with Crippen LogP contribution in [0, 0.1) is 0 Å². The highest BCUT2D eigenvalue weighted by Gasteiger charge is 2.10. The number of rotatable bonds is 5. The van der Waals surface area contributed by atoms with Crippen LogP contribution in [-0.2, 0) is 6.54 Å². The molecule has 0 saturated carbocycles. The van der Waals surface area contributed by atoms with Gasteiger partial charge in [-0.2, -0.15) is 0 Å². The van der Waals surface area contributed by atoms with E-state index in [2.05, 4.69) is 37.2 Å². The molecule has 0 aliphatic carbocycles. The molecule has 0 aromatic heterocycles. The molecule has 0 radical (unpaired) electrons. The Balaban J connectivity index is 2.26. The summed E-state index contributed by atoms with van der Waals surface area (Å²) in [4.78, 5) is 0. The lowest BCUT2D eigenvalue weighted by Gasteiger charge is -2.12. The van der Waals surface area contributed by atoms with Gasteiger partial charge >= 0.3 is 0 Å².